The Balaban J connectivity index is 1.70. The Morgan fingerprint density at radius 2 is 1.89 bits per heavy atom. The summed E-state index contributed by atoms with van der Waals surface area (Å²) in [5.74, 6) is 1.03. The van der Waals surface area contributed by atoms with Crippen molar-refractivity contribution in [3.8, 4) is 0 Å². The molecule has 0 radical (unpaired) electrons. The molecule has 0 bridgehead atoms. The van der Waals surface area contributed by atoms with E-state index in [1.165, 1.54) is 0 Å². The van der Waals surface area contributed by atoms with Crippen molar-refractivity contribution in [2.75, 3.05) is 24.5 Å². The van der Waals surface area contributed by atoms with Gasteiger partial charge < -0.3 is 10.2 Å². The molecule has 5 nitrogen and oxygen atoms in total. The van der Waals surface area contributed by atoms with Crippen LogP contribution in [0, 0.1) is 12.3 Å². The second-order valence-corrected chi connectivity index (χ2v) is 5.33. The first-order valence-corrected chi connectivity index (χ1v) is 6.52. The van der Waals surface area contributed by atoms with Crippen molar-refractivity contribution in [3.63, 3.8) is 0 Å². The number of nitrogens with one attached hydrogen (secondary N) is 1. The largest absolute Gasteiger partial charge is 0.356 e. The van der Waals surface area contributed by atoms with Gasteiger partial charge in [-0.05, 0) is 31.7 Å². The smallest absolute Gasteiger partial charge is 0.226 e. The molecule has 3 rings (SSSR count). The fourth-order valence-corrected chi connectivity index (χ4v) is 2.88. The summed E-state index contributed by atoms with van der Waals surface area (Å²) in [5.41, 5.74) is 0.962. The third kappa shape index (κ3) is 1.83. The Kier molecular flexibility index (Phi) is 2.69. The summed E-state index contributed by atoms with van der Waals surface area (Å²) in [7, 11) is 0. The zero-order chi connectivity index (χ0) is 12.6. The number of carbonyl (C=O) groups is 1. The molecule has 1 aromatic rings. The maximum Gasteiger partial charge on any atom is 0.226 e. The first-order valence-electron chi connectivity index (χ1n) is 6.52. The molecule has 2 saturated heterocycles. The molecule has 0 atom stereocenters. The first-order chi connectivity index (χ1) is 8.70. The van der Waals surface area contributed by atoms with E-state index in [0.29, 0.717) is 0 Å². The summed E-state index contributed by atoms with van der Waals surface area (Å²) in [6.45, 7) is 4.56. The molecule has 2 aliphatic rings. The van der Waals surface area contributed by atoms with Crippen LogP contribution in [-0.2, 0) is 4.79 Å². The van der Waals surface area contributed by atoms with Gasteiger partial charge in [0.25, 0.3) is 0 Å². The van der Waals surface area contributed by atoms with Crippen LogP contribution in [0.5, 0.6) is 0 Å². The second kappa shape index (κ2) is 4.23. The number of anilines is 1. The molecule has 0 saturated carbocycles. The van der Waals surface area contributed by atoms with Crippen molar-refractivity contribution in [2.45, 2.75) is 26.2 Å². The third-order valence-electron chi connectivity index (χ3n) is 4.14. The zero-order valence-electron chi connectivity index (χ0n) is 10.6. The van der Waals surface area contributed by atoms with E-state index in [0.717, 1.165) is 50.4 Å². The van der Waals surface area contributed by atoms with E-state index in [4.69, 9.17) is 0 Å². The standard InChI is InChI=1S/C13H18N4O/c1-10-8-15-12(16-9-10)17-6-3-13(4-7-17)2-5-14-11(13)18/h8-9H,2-7H2,1H3,(H,14,18). The average molecular weight is 246 g/mol. The lowest BCUT2D eigenvalue weighted by Crippen LogP contribution is -2.44. The Morgan fingerprint density at radius 1 is 1.22 bits per heavy atom. The lowest BCUT2D eigenvalue weighted by atomic mass is 9.77. The van der Waals surface area contributed by atoms with Crippen LogP contribution < -0.4 is 10.2 Å². The number of rotatable bonds is 1. The molecule has 0 unspecified atom stereocenters. The first kappa shape index (κ1) is 11.4. The van der Waals surface area contributed by atoms with E-state index in [1.54, 1.807) is 0 Å². The van der Waals surface area contributed by atoms with Crippen molar-refractivity contribution in [1.29, 1.82) is 0 Å². The highest BCUT2D eigenvalue weighted by atomic mass is 16.2. The summed E-state index contributed by atoms with van der Waals surface area (Å²) in [4.78, 5) is 22.8. The molecular weight excluding hydrogens is 228 g/mol. The number of hydrogen-bond acceptors (Lipinski definition) is 4. The monoisotopic (exact) mass is 246 g/mol. The van der Waals surface area contributed by atoms with E-state index >= 15 is 0 Å². The van der Waals surface area contributed by atoms with Gasteiger partial charge in [0, 0.05) is 32.0 Å². The lowest BCUT2D eigenvalue weighted by molar-refractivity contribution is -0.128. The molecule has 2 fully saturated rings. The van der Waals surface area contributed by atoms with E-state index in [9.17, 15) is 4.79 Å². The highest BCUT2D eigenvalue weighted by Crippen LogP contribution is 2.38. The molecule has 5 heteroatoms. The average Bonchev–Trinajstić information content (AvgIpc) is 2.73. The molecule has 18 heavy (non-hydrogen) atoms. The van der Waals surface area contributed by atoms with Crippen LogP contribution in [0.4, 0.5) is 5.95 Å². The van der Waals surface area contributed by atoms with Crippen molar-refractivity contribution in [2.24, 2.45) is 5.41 Å². The number of piperidine rings is 1. The molecule has 0 aliphatic carbocycles. The van der Waals surface area contributed by atoms with Crippen molar-refractivity contribution >= 4 is 11.9 Å². The van der Waals surface area contributed by atoms with Crippen molar-refractivity contribution in [3.05, 3.63) is 18.0 Å². The SMILES string of the molecule is Cc1cnc(N2CCC3(CCNC3=O)CC2)nc1. The van der Waals surface area contributed by atoms with Crippen LogP contribution in [0.1, 0.15) is 24.8 Å². The minimum absolute atomic E-state index is 0.110. The van der Waals surface area contributed by atoms with Gasteiger partial charge in [-0.25, -0.2) is 9.97 Å². The Bertz CT molecular complexity index is 449. The van der Waals surface area contributed by atoms with E-state index in [-0.39, 0.29) is 11.3 Å². The van der Waals surface area contributed by atoms with Crippen LogP contribution in [0.2, 0.25) is 0 Å². The van der Waals surface area contributed by atoms with E-state index < -0.39 is 0 Å². The normalized spacial score (nSPS) is 22.3. The molecule has 0 aromatic carbocycles. The fraction of sp³-hybridized carbons (Fsp3) is 0.615. The molecular formula is C13H18N4O. The minimum atomic E-state index is -0.110. The van der Waals surface area contributed by atoms with Crippen molar-refractivity contribution < 1.29 is 4.79 Å². The molecule has 1 spiro atoms. The van der Waals surface area contributed by atoms with Crippen LogP contribution in [0.15, 0.2) is 12.4 Å². The van der Waals surface area contributed by atoms with Gasteiger partial charge in [0.1, 0.15) is 0 Å². The van der Waals surface area contributed by atoms with Crippen LogP contribution in [0.3, 0.4) is 0 Å². The van der Waals surface area contributed by atoms with Gasteiger partial charge in [-0.15, -0.1) is 0 Å². The summed E-state index contributed by atoms with van der Waals surface area (Å²) >= 11 is 0. The highest BCUT2D eigenvalue weighted by Gasteiger charge is 2.44. The van der Waals surface area contributed by atoms with Gasteiger partial charge in [-0.1, -0.05) is 0 Å². The van der Waals surface area contributed by atoms with Gasteiger partial charge in [0.2, 0.25) is 11.9 Å². The molecule has 1 amide bonds. The van der Waals surface area contributed by atoms with Crippen LogP contribution >= 0.6 is 0 Å². The lowest BCUT2D eigenvalue weighted by Gasteiger charge is -2.37. The zero-order valence-corrected chi connectivity index (χ0v) is 10.6. The third-order valence-corrected chi connectivity index (χ3v) is 4.14. The quantitative estimate of drug-likeness (QED) is 0.799. The number of amides is 1. The van der Waals surface area contributed by atoms with Gasteiger partial charge >= 0.3 is 0 Å². The molecule has 2 aliphatic heterocycles. The number of aryl methyl sites for hydroxylation is 1. The number of carbonyl (C=O) groups excluding carboxylic acids is 1. The number of hydrogen-bond donors (Lipinski definition) is 1. The van der Waals surface area contributed by atoms with E-state index in [2.05, 4.69) is 20.2 Å². The predicted octanol–water partition coefficient (Wildman–Crippen LogP) is 0.892. The van der Waals surface area contributed by atoms with Gasteiger partial charge in [-0.3, -0.25) is 4.79 Å². The van der Waals surface area contributed by atoms with Gasteiger partial charge in [0.05, 0.1) is 5.41 Å². The Hall–Kier alpha value is -1.65. The van der Waals surface area contributed by atoms with Crippen LogP contribution in [0.25, 0.3) is 0 Å². The van der Waals surface area contributed by atoms with Gasteiger partial charge in [-0.2, -0.15) is 0 Å². The Morgan fingerprint density at radius 3 is 2.44 bits per heavy atom. The Labute approximate surface area is 107 Å². The number of nitrogens with zero attached hydrogens (tertiary/aromatic N) is 3. The summed E-state index contributed by atoms with van der Waals surface area (Å²) in [6, 6.07) is 0. The summed E-state index contributed by atoms with van der Waals surface area (Å²) < 4.78 is 0. The topological polar surface area (TPSA) is 58.1 Å². The number of aromatic nitrogens is 2. The maximum absolute atomic E-state index is 11.9. The molecule has 1 N–H and O–H groups in total. The fourth-order valence-electron chi connectivity index (χ4n) is 2.88. The van der Waals surface area contributed by atoms with Gasteiger partial charge in [0.15, 0.2) is 0 Å². The van der Waals surface area contributed by atoms with Crippen molar-refractivity contribution in [1.82, 2.24) is 15.3 Å². The molecule has 3 heterocycles. The summed E-state index contributed by atoms with van der Waals surface area (Å²) in [6.07, 6.45) is 6.49. The molecule has 1 aromatic heterocycles. The minimum Gasteiger partial charge on any atom is -0.356 e. The maximum atomic E-state index is 11.9. The predicted molar refractivity (Wildman–Crippen MR) is 68.3 cm³/mol. The summed E-state index contributed by atoms with van der Waals surface area (Å²) in [5, 5.41) is 2.95. The second-order valence-electron chi connectivity index (χ2n) is 5.33. The van der Waals surface area contributed by atoms with Crippen LogP contribution in [-0.4, -0.2) is 35.5 Å². The van der Waals surface area contributed by atoms with E-state index in [1.807, 2.05) is 19.3 Å². The highest BCUT2D eigenvalue weighted by molar-refractivity contribution is 5.85. The molecule has 96 valence electrons.